The van der Waals surface area contributed by atoms with E-state index in [1.54, 1.807) is 0 Å². The fourth-order valence-electron chi connectivity index (χ4n) is 2.93. The molecule has 16 heavy (non-hydrogen) atoms. The van der Waals surface area contributed by atoms with Crippen LogP contribution in [-0.2, 0) is 0 Å². The first-order valence-electron chi connectivity index (χ1n) is 5.93. The van der Waals surface area contributed by atoms with Crippen LogP contribution in [0.2, 0.25) is 5.15 Å². The molecule has 2 fully saturated rings. The highest BCUT2D eigenvalue weighted by Gasteiger charge is 2.34. The average Bonchev–Trinajstić information content (AvgIpc) is 2.78. The molecule has 0 saturated carbocycles. The molecule has 2 atom stereocenters. The van der Waals surface area contributed by atoms with Crippen LogP contribution >= 0.6 is 11.6 Å². The number of fused-ring (bicyclic) bond motifs is 1. The molecule has 1 N–H and O–H groups in total. The van der Waals surface area contributed by atoms with Crippen molar-refractivity contribution >= 4 is 17.3 Å². The molecule has 0 aromatic carbocycles. The average molecular weight is 238 g/mol. The summed E-state index contributed by atoms with van der Waals surface area (Å²) in [5.74, 6) is 0.810. The molecule has 2 aliphatic rings. The molecule has 1 aromatic rings. The van der Waals surface area contributed by atoms with Crippen molar-refractivity contribution in [2.24, 2.45) is 5.92 Å². The molecular formula is C12H16ClN3. The smallest absolute Gasteiger partial charge is 0.129 e. The van der Waals surface area contributed by atoms with E-state index in [0.29, 0.717) is 11.2 Å². The van der Waals surface area contributed by atoms with Crippen molar-refractivity contribution in [2.45, 2.75) is 18.9 Å². The van der Waals surface area contributed by atoms with Crippen molar-refractivity contribution in [3.05, 3.63) is 23.5 Å². The van der Waals surface area contributed by atoms with Gasteiger partial charge < -0.3 is 10.2 Å². The number of anilines is 1. The molecule has 0 radical (unpaired) electrons. The van der Waals surface area contributed by atoms with Gasteiger partial charge in [0.1, 0.15) is 5.15 Å². The van der Waals surface area contributed by atoms with Gasteiger partial charge >= 0.3 is 0 Å². The SMILES string of the molecule is Clc1ccc(N2CCC[C@@H]3CNC[C@@H]32)cn1. The predicted molar refractivity (Wildman–Crippen MR) is 66.0 cm³/mol. The maximum Gasteiger partial charge on any atom is 0.129 e. The Labute approximate surface area is 101 Å². The van der Waals surface area contributed by atoms with Crippen LogP contribution in [0, 0.1) is 5.92 Å². The third-order valence-corrected chi connectivity index (χ3v) is 3.95. The summed E-state index contributed by atoms with van der Waals surface area (Å²) in [5.41, 5.74) is 1.21. The van der Waals surface area contributed by atoms with Crippen LogP contribution in [0.5, 0.6) is 0 Å². The van der Waals surface area contributed by atoms with Crippen molar-refractivity contribution in [1.29, 1.82) is 0 Å². The number of halogens is 1. The van der Waals surface area contributed by atoms with Crippen LogP contribution in [-0.4, -0.2) is 30.7 Å². The maximum absolute atomic E-state index is 5.82. The Morgan fingerprint density at radius 1 is 1.38 bits per heavy atom. The van der Waals surface area contributed by atoms with Crippen molar-refractivity contribution in [3.8, 4) is 0 Å². The second-order valence-corrected chi connectivity index (χ2v) is 5.05. The Morgan fingerprint density at radius 3 is 3.12 bits per heavy atom. The standard InChI is InChI=1S/C12H16ClN3/c13-12-4-3-10(7-15-12)16-5-1-2-9-6-14-8-11(9)16/h3-4,7,9,11,14H,1-2,5-6,8H2/t9-,11+/m1/s1. The lowest BCUT2D eigenvalue weighted by Gasteiger charge is -2.38. The van der Waals surface area contributed by atoms with Crippen molar-refractivity contribution in [2.75, 3.05) is 24.5 Å². The molecule has 1 aromatic heterocycles. The number of pyridine rings is 1. The Hall–Kier alpha value is -0.800. The van der Waals surface area contributed by atoms with Gasteiger partial charge in [-0.05, 0) is 30.9 Å². The first-order chi connectivity index (χ1) is 7.84. The number of nitrogens with zero attached hydrogens (tertiary/aromatic N) is 2. The molecule has 0 bridgehead atoms. The molecule has 0 spiro atoms. The van der Waals surface area contributed by atoms with Gasteiger partial charge in [-0.3, -0.25) is 0 Å². The second-order valence-electron chi connectivity index (χ2n) is 4.66. The Balaban J connectivity index is 1.85. The first-order valence-corrected chi connectivity index (χ1v) is 6.31. The molecule has 0 amide bonds. The number of aromatic nitrogens is 1. The minimum atomic E-state index is 0.571. The van der Waals surface area contributed by atoms with Gasteiger partial charge in [0.25, 0.3) is 0 Å². The van der Waals surface area contributed by atoms with Gasteiger partial charge in [0.05, 0.1) is 11.9 Å². The summed E-state index contributed by atoms with van der Waals surface area (Å²) in [7, 11) is 0. The van der Waals surface area contributed by atoms with E-state index < -0.39 is 0 Å². The summed E-state index contributed by atoms with van der Waals surface area (Å²) >= 11 is 5.82. The fourth-order valence-corrected chi connectivity index (χ4v) is 3.04. The molecular weight excluding hydrogens is 222 g/mol. The lowest BCUT2D eigenvalue weighted by Crippen LogP contribution is -2.45. The van der Waals surface area contributed by atoms with Crippen molar-refractivity contribution in [3.63, 3.8) is 0 Å². The van der Waals surface area contributed by atoms with E-state index in [0.717, 1.165) is 19.0 Å². The van der Waals surface area contributed by atoms with Crippen molar-refractivity contribution < 1.29 is 0 Å². The molecule has 0 unspecified atom stereocenters. The highest BCUT2D eigenvalue weighted by atomic mass is 35.5. The number of nitrogens with one attached hydrogen (secondary N) is 1. The van der Waals surface area contributed by atoms with Gasteiger partial charge in [0, 0.05) is 25.7 Å². The quantitative estimate of drug-likeness (QED) is 0.757. The van der Waals surface area contributed by atoms with Gasteiger partial charge in [-0.25, -0.2) is 4.98 Å². The molecule has 3 heterocycles. The van der Waals surface area contributed by atoms with Crippen LogP contribution in [0.1, 0.15) is 12.8 Å². The number of rotatable bonds is 1. The largest absolute Gasteiger partial charge is 0.366 e. The van der Waals surface area contributed by atoms with E-state index in [1.165, 1.54) is 25.1 Å². The summed E-state index contributed by atoms with van der Waals surface area (Å²) in [5, 5.41) is 4.06. The second kappa shape index (κ2) is 4.22. The number of hydrogen-bond acceptors (Lipinski definition) is 3. The number of hydrogen-bond donors (Lipinski definition) is 1. The monoisotopic (exact) mass is 237 g/mol. The fraction of sp³-hybridized carbons (Fsp3) is 0.583. The van der Waals surface area contributed by atoms with Crippen LogP contribution < -0.4 is 10.2 Å². The van der Waals surface area contributed by atoms with E-state index in [9.17, 15) is 0 Å². The Kier molecular flexibility index (Phi) is 2.74. The zero-order valence-electron chi connectivity index (χ0n) is 9.19. The molecule has 86 valence electrons. The highest BCUT2D eigenvalue weighted by Crippen LogP contribution is 2.30. The molecule has 3 nitrogen and oxygen atoms in total. The minimum Gasteiger partial charge on any atom is -0.366 e. The summed E-state index contributed by atoms with van der Waals surface area (Å²) in [6.07, 6.45) is 4.53. The summed E-state index contributed by atoms with van der Waals surface area (Å²) < 4.78 is 0. The first kappa shape index (κ1) is 10.4. The van der Waals surface area contributed by atoms with E-state index in [2.05, 4.69) is 21.3 Å². The van der Waals surface area contributed by atoms with E-state index >= 15 is 0 Å². The topological polar surface area (TPSA) is 28.2 Å². The van der Waals surface area contributed by atoms with Crippen LogP contribution in [0.3, 0.4) is 0 Å². The third kappa shape index (κ3) is 1.78. The van der Waals surface area contributed by atoms with Gasteiger partial charge in [0.15, 0.2) is 0 Å². The van der Waals surface area contributed by atoms with E-state index in [4.69, 9.17) is 11.6 Å². The predicted octanol–water partition coefficient (Wildman–Crippen LogP) is 1.92. The van der Waals surface area contributed by atoms with Crippen LogP contribution in [0.15, 0.2) is 18.3 Å². The van der Waals surface area contributed by atoms with Gasteiger partial charge in [-0.1, -0.05) is 11.6 Å². The lowest BCUT2D eigenvalue weighted by atomic mass is 9.92. The lowest BCUT2D eigenvalue weighted by molar-refractivity contribution is 0.385. The maximum atomic E-state index is 5.82. The van der Waals surface area contributed by atoms with Crippen LogP contribution in [0.25, 0.3) is 0 Å². The molecule has 0 aliphatic carbocycles. The Bertz CT molecular complexity index is 365. The highest BCUT2D eigenvalue weighted by molar-refractivity contribution is 6.29. The van der Waals surface area contributed by atoms with Gasteiger partial charge in [0.2, 0.25) is 0 Å². The molecule has 2 aliphatic heterocycles. The number of piperidine rings is 1. The molecule has 4 heteroatoms. The summed E-state index contributed by atoms with van der Waals surface area (Å²) in [4.78, 5) is 6.66. The Morgan fingerprint density at radius 2 is 2.31 bits per heavy atom. The van der Waals surface area contributed by atoms with E-state index in [1.807, 2.05) is 12.3 Å². The van der Waals surface area contributed by atoms with E-state index in [-0.39, 0.29) is 0 Å². The normalized spacial score (nSPS) is 29.2. The van der Waals surface area contributed by atoms with Crippen molar-refractivity contribution in [1.82, 2.24) is 10.3 Å². The van der Waals surface area contributed by atoms with Crippen LogP contribution in [0.4, 0.5) is 5.69 Å². The zero-order chi connectivity index (χ0) is 11.0. The third-order valence-electron chi connectivity index (χ3n) is 3.72. The zero-order valence-corrected chi connectivity index (χ0v) is 9.95. The summed E-state index contributed by atoms with van der Waals surface area (Å²) in [6, 6.07) is 4.61. The minimum absolute atomic E-state index is 0.571. The molecule has 3 rings (SSSR count). The van der Waals surface area contributed by atoms with Gasteiger partial charge in [-0.2, -0.15) is 0 Å². The van der Waals surface area contributed by atoms with Gasteiger partial charge in [-0.15, -0.1) is 0 Å². The summed E-state index contributed by atoms with van der Waals surface area (Å²) in [6.45, 7) is 3.42. The molecule has 2 saturated heterocycles.